The molecule has 0 aromatic heterocycles. The lowest BCUT2D eigenvalue weighted by Crippen LogP contribution is -2.31. The first-order valence-corrected chi connectivity index (χ1v) is 7.74. The first-order chi connectivity index (χ1) is 12.7. The molecule has 2 rings (SSSR count). The Bertz CT molecular complexity index is 824. The lowest BCUT2D eigenvalue weighted by atomic mass is 10.2. The number of halogens is 3. The minimum absolute atomic E-state index is 0.140. The number of ether oxygens (including phenoxy) is 2. The third kappa shape index (κ3) is 5.63. The van der Waals surface area contributed by atoms with E-state index in [4.69, 9.17) is 0 Å². The van der Waals surface area contributed by atoms with Gasteiger partial charge in [-0.25, -0.2) is 9.59 Å². The average Bonchev–Trinajstić information content (AvgIpc) is 2.62. The highest BCUT2D eigenvalue weighted by atomic mass is 19.4. The van der Waals surface area contributed by atoms with Crippen LogP contribution in [-0.4, -0.2) is 37.4 Å². The van der Waals surface area contributed by atoms with Crippen molar-refractivity contribution in [2.45, 2.75) is 12.9 Å². The second kappa shape index (κ2) is 8.43. The molecule has 6 nitrogen and oxygen atoms in total. The van der Waals surface area contributed by atoms with Crippen molar-refractivity contribution < 1.29 is 32.2 Å². The molecular formula is C18H17F3N2O4. The van der Waals surface area contributed by atoms with Crippen LogP contribution in [0.2, 0.25) is 0 Å². The second-order valence-corrected chi connectivity index (χ2v) is 5.48. The molecule has 2 aromatic rings. The minimum Gasteiger partial charge on any atom is -0.465 e. The van der Waals surface area contributed by atoms with E-state index in [1.165, 1.54) is 50.6 Å². The number of carbonyl (C=O) groups is 2. The van der Waals surface area contributed by atoms with Crippen molar-refractivity contribution in [2.75, 3.05) is 19.5 Å². The molecule has 0 aliphatic rings. The summed E-state index contributed by atoms with van der Waals surface area (Å²) in [5.41, 5.74) is 0.553. The smallest absolute Gasteiger partial charge is 0.465 e. The fourth-order valence-electron chi connectivity index (χ4n) is 2.28. The zero-order valence-corrected chi connectivity index (χ0v) is 14.5. The molecule has 0 aliphatic carbocycles. The molecule has 144 valence electrons. The van der Waals surface area contributed by atoms with Gasteiger partial charge in [0.05, 0.1) is 24.9 Å². The van der Waals surface area contributed by atoms with Crippen molar-refractivity contribution in [1.29, 1.82) is 0 Å². The Labute approximate surface area is 153 Å². The van der Waals surface area contributed by atoms with Crippen LogP contribution in [-0.2, 0) is 11.3 Å². The van der Waals surface area contributed by atoms with E-state index in [9.17, 15) is 22.8 Å². The SMILES string of the molecule is COC(=O)c1ccccc1NC(=O)N(C)Cc1ccccc1OC(F)(F)F. The number of amides is 2. The molecule has 0 radical (unpaired) electrons. The molecule has 1 N–H and O–H groups in total. The zero-order chi connectivity index (χ0) is 20.0. The second-order valence-electron chi connectivity index (χ2n) is 5.48. The topological polar surface area (TPSA) is 67.9 Å². The van der Waals surface area contributed by atoms with Gasteiger partial charge in [-0.2, -0.15) is 0 Å². The molecule has 0 atom stereocenters. The van der Waals surface area contributed by atoms with Crippen LogP contribution in [0.5, 0.6) is 5.75 Å². The van der Waals surface area contributed by atoms with Gasteiger partial charge in [-0.15, -0.1) is 13.2 Å². The number of para-hydroxylation sites is 2. The number of carbonyl (C=O) groups excluding carboxylic acids is 2. The van der Waals surface area contributed by atoms with Crippen LogP contribution < -0.4 is 10.1 Å². The van der Waals surface area contributed by atoms with Crippen molar-refractivity contribution >= 4 is 17.7 Å². The summed E-state index contributed by atoms with van der Waals surface area (Å²) in [6.07, 6.45) is -4.84. The molecule has 0 aliphatic heterocycles. The standard InChI is InChI=1S/C18H17F3N2O4/c1-23(11-12-7-3-6-10-15(12)27-18(19,20)21)17(25)22-14-9-5-4-8-13(14)16(24)26-2/h3-10H,11H2,1-2H3,(H,22,25). The molecule has 0 fully saturated rings. The average molecular weight is 382 g/mol. The summed E-state index contributed by atoms with van der Waals surface area (Å²) >= 11 is 0. The first kappa shape index (κ1) is 20.1. The van der Waals surface area contributed by atoms with Crippen LogP contribution in [0.1, 0.15) is 15.9 Å². The molecule has 0 unspecified atom stereocenters. The highest BCUT2D eigenvalue weighted by Gasteiger charge is 2.32. The van der Waals surface area contributed by atoms with Crippen LogP contribution in [0.15, 0.2) is 48.5 Å². The molecule has 0 spiro atoms. The molecule has 27 heavy (non-hydrogen) atoms. The number of alkyl halides is 3. The summed E-state index contributed by atoms with van der Waals surface area (Å²) in [7, 11) is 2.62. The van der Waals surface area contributed by atoms with Gasteiger partial charge < -0.3 is 19.7 Å². The quantitative estimate of drug-likeness (QED) is 0.793. The Balaban J connectivity index is 2.13. The number of nitrogens with one attached hydrogen (secondary N) is 1. The minimum atomic E-state index is -4.84. The zero-order valence-electron chi connectivity index (χ0n) is 14.5. The summed E-state index contributed by atoms with van der Waals surface area (Å²) < 4.78 is 46.1. The maximum absolute atomic E-state index is 12.5. The number of hydrogen-bond donors (Lipinski definition) is 1. The Morgan fingerprint density at radius 3 is 2.37 bits per heavy atom. The predicted octanol–water partition coefficient (Wildman–Crippen LogP) is 4.04. The van der Waals surface area contributed by atoms with E-state index in [0.717, 1.165) is 4.90 Å². The first-order valence-electron chi connectivity index (χ1n) is 7.74. The van der Waals surface area contributed by atoms with Crippen molar-refractivity contribution in [1.82, 2.24) is 4.90 Å². The van der Waals surface area contributed by atoms with E-state index in [2.05, 4.69) is 14.8 Å². The maximum Gasteiger partial charge on any atom is 0.573 e. The van der Waals surface area contributed by atoms with Crippen LogP contribution in [0, 0.1) is 0 Å². The summed E-state index contributed by atoms with van der Waals surface area (Å²) in [6, 6.07) is 11.1. The lowest BCUT2D eigenvalue weighted by Gasteiger charge is -2.21. The number of hydrogen-bond acceptors (Lipinski definition) is 4. The van der Waals surface area contributed by atoms with E-state index < -0.39 is 18.4 Å². The van der Waals surface area contributed by atoms with Crippen LogP contribution >= 0.6 is 0 Å². The van der Waals surface area contributed by atoms with Crippen molar-refractivity contribution in [3.63, 3.8) is 0 Å². The molecule has 9 heteroatoms. The van der Waals surface area contributed by atoms with E-state index in [-0.39, 0.29) is 29.1 Å². The largest absolute Gasteiger partial charge is 0.573 e. The molecule has 2 aromatic carbocycles. The molecular weight excluding hydrogens is 365 g/mol. The summed E-state index contributed by atoms with van der Waals surface area (Å²) in [5, 5.41) is 2.54. The van der Waals surface area contributed by atoms with Crippen LogP contribution in [0.3, 0.4) is 0 Å². The molecule has 0 heterocycles. The summed E-state index contributed by atoms with van der Waals surface area (Å²) in [6.45, 7) is -0.140. The summed E-state index contributed by atoms with van der Waals surface area (Å²) in [5.74, 6) is -1.02. The van der Waals surface area contributed by atoms with Gasteiger partial charge in [0.15, 0.2) is 0 Å². The number of methoxy groups -OCH3 is 1. The van der Waals surface area contributed by atoms with Gasteiger partial charge in [0.25, 0.3) is 0 Å². The fraction of sp³-hybridized carbons (Fsp3) is 0.222. The maximum atomic E-state index is 12.5. The van der Waals surface area contributed by atoms with E-state index in [1.54, 1.807) is 12.1 Å². The number of urea groups is 1. The number of nitrogens with zero attached hydrogens (tertiary/aromatic N) is 1. The molecule has 0 saturated carbocycles. The van der Waals surface area contributed by atoms with Gasteiger partial charge in [0, 0.05) is 12.6 Å². The van der Waals surface area contributed by atoms with Crippen molar-refractivity contribution in [3.05, 3.63) is 59.7 Å². The highest BCUT2D eigenvalue weighted by molar-refractivity contribution is 6.00. The Kier molecular flexibility index (Phi) is 6.27. The van der Waals surface area contributed by atoms with Gasteiger partial charge >= 0.3 is 18.4 Å². The van der Waals surface area contributed by atoms with Crippen molar-refractivity contribution in [2.24, 2.45) is 0 Å². The molecule has 0 saturated heterocycles. The van der Waals surface area contributed by atoms with Crippen molar-refractivity contribution in [3.8, 4) is 5.75 Å². The predicted molar refractivity (Wildman–Crippen MR) is 91.4 cm³/mol. The number of esters is 1. The molecule has 0 bridgehead atoms. The van der Waals surface area contributed by atoms with Crippen LogP contribution in [0.25, 0.3) is 0 Å². The van der Waals surface area contributed by atoms with Gasteiger partial charge in [-0.05, 0) is 18.2 Å². The molecule has 2 amide bonds. The van der Waals surface area contributed by atoms with Crippen LogP contribution in [0.4, 0.5) is 23.7 Å². The highest BCUT2D eigenvalue weighted by Crippen LogP contribution is 2.27. The number of anilines is 1. The number of benzene rings is 2. The monoisotopic (exact) mass is 382 g/mol. The number of rotatable bonds is 5. The summed E-state index contributed by atoms with van der Waals surface area (Å²) in [4.78, 5) is 25.3. The Morgan fingerprint density at radius 2 is 1.70 bits per heavy atom. The van der Waals surface area contributed by atoms with E-state index in [0.29, 0.717) is 0 Å². The fourth-order valence-corrected chi connectivity index (χ4v) is 2.28. The lowest BCUT2D eigenvalue weighted by molar-refractivity contribution is -0.275. The Morgan fingerprint density at radius 1 is 1.07 bits per heavy atom. The van der Waals surface area contributed by atoms with Gasteiger partial charge in [0.1, 0.15) is 5.75 Å². The Hall–Kier alpha value is -3.23. The van der Waals surface area contributed by atoms with E-state index in [1.807, 2.05) is 0 Å². The van der Waals surface area contributed by atoms with Gasteiger partial charge in [0.2, 0.25) is 0 Å². The van der Waals surface area contributed by atoms with Gasteiger partial charge in [-0.1, -0.05) is 30.3 Å². The third-order valence-electron chi connectivity index (χ3n) is 3.53. The third-order valence-corrected chi connectivity index (χ3v) is 3.53. The van der Waals surface area contributed by atoms with E-state index >= 15 is 0 Å². The van der Waals surface area contributed by atoms with Gasteiger partial charge in [-0.3, -0.25) is 0 Å². The normalized spacial score (nSPS) is 10.9.